The van der Waals surface area contributed by atoms with Gasteiger partial charge in [-0.05, 0) is 34.1 Å². The Balaban J connectivity index is 5.32. The normalized spacial score (nSPS) is 14.4. The molecule has 0 radical (unpaired) electrons. The second-order valence-corrected chi connectivity index (χ2v) is 8.87. The van der Waals surface area contributed by atoms with Gasteiger partial charge in [0.1, 0.15) is 0 Å². The molecule has 0 aromatic carbocycles. The highest BCUT2D eigenvalue weighted by molar-refractivity contribution is 9.10. The van der Waals surface area contributed by atoms with Gasteiger partial charge >= 0.3 is 0 Å². The molecule has 2 amide bonds. The highest BCUT2D eigenvalue weighted by Crippen LogP contribution is 2.26. The fourth-order valence-corrected chi connectivity index (χ4v) is 1.53. The zero-order valence-electron chi connectivity index (χ0n) is 10.9. The number of nitrogens with zero attached hydrogens (tertiary/aromatic N) is 1. The van der Waals surface area contributed by atoms with Gasteiger partial charge in [0.25, 0.3) is 0 Å². The largest absolute Gasteiger partial charge is 0.311 e. The molecule has 0 aromatic heterocycles. The Hall–Kier alpha value is 0.0600. The molecule has 0 aliphatic rings. The number of hydrogen-bond donors (Lipinski definition) is 1. The molecule has 0 spiro atoms. The maximum absolute atomic E-state index is 12.2. The zero-order valence-corrected chi connectivity index (χ0v) is 14.1. The van der Waals surface area contributed by atoms with Crippen molar-refractivity contribution in [1.82, 2.24) is 4.90 Å². The highest BCUT2D eigenvalue weighted by Gasteiger charge is 2.40. The lowest BCUT2D eigenvalue weighted by Gasteiger charge is -2.34. The van der Waals surface area contributed by atoms with Crippen molar-refractivity contribution in [1.29, 1.82) is 0 Å². The fourth-order valence-electron chi connectivity index (χ4n) is 1.15. The van der Waals surface area contributed by atoms with Crippen LogP contribution >= 0.6 is 31.9 Å². The van der Waals surface area contributed by atoms with Gasteiger partial charge in [0.2, 0.25) is 11.8 Å². The van der Waals surface area contributed by atoms with Crippen molar-refractivity contribution in [3.8, 4) is 0 Å². The average Bonchev–Trinajstić information content (AvgIpc) is 2.14. The van der Waals surface area contributed by atoms with Crippen LogP contribution in [0, 0.1) is 0 Å². The van der Waals surface area contributed by atoms with Gasteiger partial charge in [-0.25, -0.2) is 0 Å². The van der Waals surface area contributed by atoms with Gasteiger partial charge in [-0.2, -0.15) is 0 Å². The lowest BCUT2D eigenvalue weighted by Crippen LogP contribution is -2.57. The summed E-state index contributed by atoms with van der Waals surface area (Å²) in [5.41, 5.74) is 5.86. The van der Waals surface area contributed by atoms with Gasteiger partial charge in [0.05, 0.1) is 14.8 Å². The smallest absolute Gasteiger partial charge is 0.246 e. The van der Waals surface area contributed by atoms with Crippen LogP contribution in [0.25, 0.3) is 0 Å². The standard InChI is InChI=1S/C11H20Br2N2O2/c1-6-7(14)15(8(16)10(2,3)12)9(17)11(4,5)13/h7H,6,14H2,1-5H3. The van der Waals surface area contributed by atoms with Crippen molar-refractivity contribution in [2.45, 2.75) is 55.9 Å². The Morgan fingerprint density at radius 2 is 1.41 bits per heavy atom. The maximum atomic E-state index is 12.2. The Bertz CT molecular complexity index is 280. The number of rotatable bonds is 4. The van der Waals surface area contributed by atoms with Crippen LogP contribution < -0.4 is 5.73 Å². The summed E-state index contributed by atoms with van der Waals surface area (Å²) < 4.78 is -1.62. The predicted molar refractivity (Wildman–Crippen MR) is 76.1 cm³/mol. The molecule has 0 aliphatic heterocycles. The van der Waals surface area contributed by atoms with E-state index in [4.69, 9.17) is 5.73 Å². The number of hydrogen-bond acceptors (Lipinski definition) is 3. The third kappa shape index (κ3) is 4.67. The van der Waals surface area contributed by atoms with Gasteiger partial charge in [-0.1, -0.05) is 38.8 Å². The number of carbonyl (C=O) groups is 2. The molecule has 0 saturated carbocycles. The Kier molecular flexibility index (Phi) is 5.82. The first-order chi connectivity index (χ1) is 7.42. The van der Waals surface area contributed by atoms with Gasteiger partial charge in [0, 0.05) is 0 Å². The topological polar surface area (TPSA) is 63.4 Å². The van der Waals surface area contributed by atoms with E-state index in [-0.39, 0.29) is 11.8 Å². The summed E-state index contributed by atoms with van der Waals surface area (Å²) in [7, 11) is 0. The molecule has 1 unspecified atom stereocenters. The van der Waals surface area contributed by atoms with E-state index in [2.05, 4.69) is 31.9 Å². The van der Waals surface area contributed by atoms with E-state index in [0.29, 0.717) is 6.42 Å². The van der Waals surface area contributed by atoms with Crippen molar-refractivity contribution < 1.29 is 9.59 Å². The van der Waals surface area contributed by atoms with Crippen LogP contribution in [0.5, 0.6) is 0 Å². The van der Waals surface area contributed by atoms with Crippen LogP contribution in [0.15, 0.2) is 0 Å². The molecule has 0 saturated heterocycles. The molecule has 0 fully saturated rings. The van der Waals surface area contributed by atoms with E-state index in [1.54, 1.807) is 27.7 Å². The number of nitrogens with two attached hydrogens (primary N) is 1. The van der Waals surface area contributed by atoms with Crippen molar-refractivity contribution in [3.05, 3.63) is 0 Å². The van der Waals surface area contributed by atoms with Gasteiger partial charge in [-0.15, -0.1) is 0 Å². The molecule has 0 bridgehead atoms. The zero-order chi connectivity index (χ0) is 14.0. The third-order valence-corrected chi connectivity index (χ3v) is 2.88. The summed E-state index contributed by atoms with van der Waals surface area (Å²) >= 11 is 6.53. The minimum absolute atomic E-state index is 0.329. The van der Waals surface area contributed by atoms with E-state index in [9.17, 15) is 9.59 Å². The molecular weight excluding hydrogens is 352 g/mol. The molecule has 1 atom stereocenters. The van der Waals surface area contributed by atoms with Crippen LogP contribution in [0.2, 0.25) is 0 Å². The summed E-state index contributed by atoms with van der Waals surface area (Å²) in [6.07, 6.45) is -0.0902. The second-order valence-electron chi connectivity index (χ2n) is 4.90. The predicted octanol–water partition coefficient (Wildman–Crippen LogP) is 2.38. The average molecular weight is 372 g/mol. The van der Waals surface area contributed by atoms with Crippen LogP contribution in [0.1, 0.15) is 41.0 Å². The SMILES string of the molecule is CCC(N)N(C(=O)C(C)(C)Br)C(=O)C(C)(C)Br. The molecule has 0 aromatic rings. The fraction of sp³-hybridized carbons (Fsp3) is 0.818. The van der Waals surface area contributed by atoms with E-state index >= 15 is 0 Å². The summed E-state index contributed by atoms with van der Waals surface area (Å²) in [5, 5.41) is 0. The van der Waals surface area contributed by atoms with Gasteiger partial charge in [0.15, 0.2) is 0 Å². The molecule has 0 rings (SSSR count). The number of alkyl halides is 2. The van der Waals surface area contributed by atoms with E-state index in [1.165, 1.54) is 0 Å². The van der Waals surface area contributed by atoms with Crippen molar-refractivity contribution >= 4 is 43.7 Å². The number of halogens is 2. The minimum atomic E-state index is -0.812. The van der Waals surface area contributed by atoms with Crippen molar-refractivity contribution in [2.24, 2.45) is 5.73 Å². The van der Waals surface area contributed by atoms with Crippen LogP contribution in [-0.4, -0.2) is 31.5 Å². The molecule has 4 nitrogen and oxygen atoms in total. The molecule has 0 aliphatic carbocycles. The quantitative estimate of drug-likeness (QED) is 0.609. The summed E-state index contributed by atoms with van der Waals surface area (Å²) in [5.74, 6) is -0.659. The molecular formula is C11H20Br2N2O2. The first-order valence-electron chi connectivity index (χ1n) is 5.44. The first kappa shape index (κ1) is 17.1. The third-order valence-electron chi connectivity index (χ3n) is 2.20. The Morgan fingerprint density at radius 1 is 1.12 bits per heavy atom. The number of amides is 2. The molecule has 0 heterocycles. The minimum Gasteiger partial charge on any atom is -0.311 e. The van der Waals surface area contributed by atoms with Crippen molar-refractivity contribution in [2.75, 3.05) is 0 Å². The second kappa shape index (κ2) is 5.80. The van der Waals surface area contributed by atoms with E-state index in [0.717, 1.165) is 4.90 Å². The molecule has 2 N–H and O–H groups in total. The highest BCUT2D eigenvalue weighted by atomic mass is 79.9. The number of imide groups is 1. The Labute approximate surface area is 120 Å². The van der Waals surface area contributed by atoms with Crippen LogP contribution in [-0.2, 0) is 9.59 Å². The van der Waals surface area contributed by atoms with Crippen LogP contribution in [0.4, 0.5) is 0 Å². The van der Waals surface area contributed by atoms with Crippen molar-refractivity contribution in [3.63, 3.8) is 0 Å². The van der Waals surface area contributed by atoms with Gasteiger partial charge in [-0.3, -0.25) is 14.5 Å². The lowest BCUT2D eigenvalue weighted by atomic mass is 10.1. The molecule has 17 heavy (non-hydrogen) atoms. The van der Waals surface area contributed by atoms with E-state index in [1.807, 2.05) is 6.92 Å². The van der Waals surface area contributed by atoms with Crippen LogP contribution in [0.3, 0.4) is 0 Å². The summed E-state index contributed by atoms with van der Waals surface area (Å²) in [4.78, 5) is 25.5. The maximum Gasteiger partial charge on any atom is 0.246 e. The summed E-state index contributed by atoms with van der Waals surface area (Å²) in [6, 6.07) is 0. The Morgan fingerprint density at radius 3 is 1.59 bits per heavy atom. The first-order valence-corrected chi connectivity index (χ1v) is 7.03. The monoisotopic (exact) mass is 370 g/mol. The number of carbonyl (C=O) groups excluding carboxylic acids is 2. The summed E-state index contributed by atoms with van der Waals surface area (Å²) in [6.45, 7) is 8.61. The van der Waals surface area contributed by atoms with E-state index < -0.39 is 14.8 Å². The molecule has 100 valence electrons. The van der Waals surface area contributed by atoms with Gasteiger partial charge < -0.3 is 5.73 Å². The molecule has 6 heteroatoms. The lowest BCUT2D eigenvalue weighted by molar-refractivity contribution is -0.149.